The topological polar surface area (TPSA) is 35.5 Å². The number of carbonyl (C=O) groups is 1. The fourth-order valence-corrected chi connectivity index (χ4v) is 2.33. The van der Waals surface area contributed by atoms with Crippen molar-refractivity contribution in [3.63, 3.8) is 0 Å². The molecule has 16 heavy (non-hydrogen) atoms. The Bertz CT molecular complexity index is 213. The van der Waals surface area contributed by atoms with Crippen molar-refractivity contribution < 1.29 is 14.3 Å². The molecule has 2 atom stereocenters. The van der Waals surface area contributed by atoms with Gasteiger partial charge in [0.1, 0.15) is 6.61 Å². The lowest BCUT2D eigenvalue weighted by molar-refractivity contribution is -0.156. The van der Waals surface area contributed by atoms with Crippen molar-refractivity contribution in [3.8, 4) is 0 Å². The second-order valence-electron chi connectivity index (χ2n) is 4.84. The predicted molar refractivity (Wildman–Crippen MR) is 63.2 cm³/mol. The molecule has 0 heterocycles. The molecule has 0 N–H and O–H groups in total. The van der Waals surface area contributed by atoms with E-state index in [1.165, 1.54) is 19.3 Å². The molecule has 0 aromatic rings. The molecule has 0 aromatic carbocycles. The van der Waals surface area contributed by atoms with E-state index in [2.05, 4.69) is 6.92 Å². The molecular weight excluding hydrogens is 204 g/mol. The van der Waals surface area contributed by atoms with Gasteiger partial charge in [-0.15, -0.1) is 0 Å². The summed E-state index contributed by atoms with van der Waals surface area (Å²) >= 11 is 0. The maximum absolute atomic E-state index is 11.3. The van der Waals surface area contributed by atoms with Crippen molar-refractivity contribution in [2.45, 2.75) is 65.1 Å². The van der Waals surface area contributed by atoms with Gasteiger partial charge in [0.25, 0.3) is 0 Å². The molecule has 0 aliphatic heterocycles. The van der Waals surface area contributed by atoms with Crippen molar-refractivity contribution in [1.82, 2.24) is 0 Å². The molecule has 1 aliphatic carbocycles. The van der Waals surface area contributed by atoms with E-state index >= 15 is 0 Å². The lowest BCUT2D eigenvalue weighted by atomic mass is 9.85. The number of rotatable bonds is 5. The van der Waals surface area contributed by atoms with Crippen LogP contribution in [0.15, 0.2) is 0 Å². The van der Waals surface area contributed by atoms with E-state index in [1.807, 2.05) is 13.8 Å². The van der Waals surface area contributed by atoms with Crippen molar-refractivity contribution >= 4 is 5.97 Å². The van der Waals surface area contributed by atoms with Crippen LogP contribution in [-0.2, 0) is 14.3 Å². The Morgan fingerprint density at radius 3 is 2.62 bits per heavy atom. The van der Waals surface area contributed by atoms with Gasteiger partial charge in [0.15, 0.2) is 0 Å². The van der Waals surface area contributed by atoms with Crippen molar-refractivity contribution in [2.24, 2.45) is 5.92 Å². The summed E-state index contributed by atoms with van der Waals surface area (Å²) in [6, 6.07) is 0. The summed E-state index contributed by atoms with van der Waals surface area (Å²) in [5.74, 6) is 0.385. The third-order valence-corrected chi connectivity index (χ3v) is 3.15. The molecule has 1 aliphatic rings. The van der Waals surface area contributed by atoms with Gasteiger partial charge in [-0.3, -0.25) is 0 Å². The minimum atomic E-state index is -0.240. The van der Waals surface area contributed by atoms with Crippen LogP contribution in [0.2, 0.25) is 0 Å². The van der Waals surface area contributed by atoms with Gasteiger partial charge < -0.3 is 9.47 Å². The SMILES string of the molecule is CCC1CCCCC1OCC(=O)OC(C)C. The summed E-state index contributed by atoms with van der Waals surface area (Å²) in [4.78, 5) is 11.3. The molecule has 1 fully saturated rings. The molecular formula is C13H24O3. The summed E-state index contributed by atoms with van der Waals surface area (Å²) in [7, 11) is 0. The maximum Gasteiger partial charge on any atom is 0.332 e. The quantitative estimate of drug-likeness (QED) is 0.679. The van der Waals surface area contributed by atoms with Gasteiger partial charge in [-0.25, -0.2) is 4.79 Å². The third-order valence-electron chi connectivity index (χ3n) is 3.15. The van der Waals surface area contributed by atoms with Crippen molar-refractivity contribution in [1.29, 1.82) is 0 Å². The van der Waals surface area contributed by atoms with Crippen LogP contribution >= 0.6 is 0 Å². The molecule has 3 nitrogen and oxygen atoms in total. The largest absolute Gasteiger partial charge is 0.461 e. The molecule has 0 bridgehead atoms. The molecule has 0 saturated heterocycles. The normalized spacial score (nSPS) is 25.8. The Morgan fingerprint density at radius 1 is 1.31 bits per heavy atom. The average Bonchev–Trinajstić information content (AvgIpc) is 2.26. The standard InChI is InChI=1S/C13H24O3/c1-4-11-7-5-6-8-12(11)15-9-13(14)16-10(2)3/h10-12H,4-9H2,1-3H3. The van der Waals surface area contributed by atoms with E-state index in [4.69, 9.17) is 9.47 Å². The molecule has 1 saturated carbocycles. The highest BCUT2D eigenvalue weighted by Gasteiger charge is 2.25. The van der Waals surface area contributed by atoms with Gasteiger partial charge in [0, 0.05) is 0 Å². The number of carbonyl (C=O) groups excluding carboxylic acids is 1. The first-order chi connectivity index (χ1) is 7.63. The van der Waals surface area contributed by atoms with E-state index < -0.39 is 0 Å². The van der Waals surface area contributed by atoms with Gasteiger partial charge in [-0.1, -0.05) is 26.2 Å². The van der Waals surface area contributed by atoms with E-state index in [0.29, 0.717) is 5.92 Å². The molecule has 0 spiro atoms. The van der Waals surface area contributed by atoms with E-state index in [1.54, 1.807) is 0 Å². The minimum absolute atomic E-state index is 0.0515. The lowest BCUT2D eigenvalue weighted by Gasteiger charge is -2.30. The highest BCUT2D eigenvalue weighted by molar-refractivity contribution is 5.70. The first-order valence-electron chi connectivity index (χ1n) is 6.44. The van der Waals surface area contributed by atoms with Gasteiger partial charge in [0.2, 0.25) is 0 Å². The second kappa shape index (κ2) is 6.89. The van der Waals surface area contributed by atoms with Crippen LogP contribution in [0.1, 0.15) is 52.9 Å². The van der Waals surface area contributed by atoms with Gasteiger partial charge >= 0.3 is 5.97 Å². The Morgan fingerprint density at radius 2 is 2.00 bits per heavy atom. The molecule has 0 aromatic heterocycles. The predicted octanol–water partition coefficient (Wildman–Crippen LogP) is 2.92. The number of hydrogen-bond acceptors (Lipinski definition) is 3. The smallest absolute Gasteiger partial charge is 0.332 e. The Labute approximate surface area is 98.5 Å². The van der Waals surface area contributed by atoms with Gasteiger partial charge in [0.05, 0.1) is 12.2 Å². The summed E-state index contributed by atoms with van der Waals surface area (Å²) in [5, 5.41) is 0. The highest BCUT2D eigenvalue weighted by atomic mass is 16.6. The zero-order valence-corrected chi connectivity index (χ0v) is 10.7. The summed E-state index contributed by atoms with van der Waals surface area (Å²) in [5.41, 5.74) is 0. The molecule has 1 rings (SSSR count). The van der Waals surface area contributed by atoms with E-state index in [0.717, 1.165) is 12.8 Å². The van der Waals surface area contributed by atoms with Crippen LogP contribution in [0.25, 0.3) is 0 Å². The highest BCUT2D eigenvalue weighted by Crippen LogP contribution is 2.28. The molecule has 94 valence electrons. The zero-order valence-electron chi connectivity index (χ0n) is 10.7. The number of hydrogen-bond donors (Lipinski definition) is 0. The summed E-state index contributed by atoms with van der Waals surface area (Å²) < 4.78 is 10.7. The van der Waals surface area contributed by atoms with Gasteiger partial charge in [-0.05, 0) is 32.6 Å². The van der Waals surface area contributed by atoms with Crippen LogP contribution < -0.4 is 0 Å². The first-order valence-corrected chi connectivity index (χ1v) is 6.44. The van der Waals surface area contributed by atoms with E-state index in [9.17, 15) is 4.79 Å². The summed E-state index contributed by atoms with van der Waals surface area (Å²) in [6.07, 6.45) is 6.20. The van der Waals surface area contributed by atoms with Crippen LogP contribution in [-0.4, -0.2) is 24.8 Å². The number of ether oxygens (including phenoxy) is 2. The molecule has 3 heteroatoms. The second-order valence-corrected chi connectivity index (χ2v) is 4.84. The van der Waals surface area contributed by atoms with Crippen LogP contribution in [0, 0.1) is 5.92 Å². The monoisotopic (exact) mass is 228 g/mol. The third kappa shape index (κ3) is 4.52. The molecule has 0 amide bonds. The zero-order chi connectivity index (χ0) is 12.0. The van der Waals surface area contributed by atoms with Gasteiger partial charge in [-0.2, -0.15) is 0 Å². The van der Waals surface area contributed by atoms with E-state index in [-0.39, 0.29) is 24.8 Å². The Kier molecular flexibility index (Phi) is 5.81. The summed E-state index contributed by atoms with van der Waals surface area (Å²) in [6.45, 7) is 6.01. The van der Waals surface area contributed by atoms with Crippen molar-refractivity contribution in [3.05, 3.63) is 0 Å². The van der Waals surface area contributed by atoms with Crippen LogP contribution in [0.5, 0.6) is 0 Å². The first kappa shape index (κ1) is 13.5. The fraction of sp³-hybridized carbons (Fsp3) is 0.923. The van der Waals surface area contributed by atoms with Crippen LogP contribution in [0.4, 0.5) is 0 Å². The Hall–Kier alpha value is -0.570. The van der Waals surface area contributed by atoms with Crippen molar-refractivity contribution in [2.75, 3.05) is 6.61 Å². The maximum atomic E-state index is 11.3. The fourth-order valence-electron chi connectivity index (χ4n) is 2.33. The number of esters is 1. The Balaban J connectivity index is 2.27. The van der Waals surface area contributed by atoms with Crippen LogP contribution in [0.3, 0.4) is 0 Å². The molecule has 2 unspecified atom stereocenters. The molecule has 0 radical (unpaired) electrons. The lowest BCUT2D eigenvalue weighted by Crippen LogP contribution is -2.30. The average molecular weight is 228 g/mol. The minimum Gasteiger partial charge on any atom is -0.461 e.